The third-order valence-corrected chi connectivity index (χ3v) is 2.23. The summed E-state index contributed by atoms with van der Waals surface area (Å²) in [6.45, 7) is 0. The number of anilines is 1. The van der Waals surface area contributed by atoms with Gasteiger partial charge in [-0.2, -0.15) is 5.26 Å². The molecule has 6 heteroatoms. The molecule has 0 unspecified atom stereocenters. The molecule has 1 aromatic rings. The summed E-state index contributed by atoms with van der Waals surface area (Å²) in [6, 6.07) is 5.91. The molecule has 0 aromatic heterocycles. The van der Waals surface area contributed by atoms with Crippen molar-refractivity contribution in [2.45, 2.75) is 12.7 Å². The second-order valence-corrected chi connectivity index (χ2v) is 3.39. The topological polar surface area (TPSA) is 71.3 Å². The SMILES string of the molecule is COC(OC)c1c(F)cccc1NC(=O)CC#N. The number of benzene rings is 1. The molecule has 1 amide bonds. The normalized spacial score (nSPS) is 10.2. The van der Waals surface area contributed by atoms with Crippen LogP contribution in [0.4, 0.5) is 10.1 Å². The quantitative estimate of drug-likeness (QED) is 0.813. The average molecular weight is 252 g/mol. The van der Waals surface area contributed by atoms with E-state index in [4.69, 9.17) is 14.7 Å². The molecule has 0 spiro atoms. The largest absolute Gasteiger partial charge is 0.351 e. The zero-order valence-corrected chi connectivity index (χ0v) is 10.1. The molecule has 0 heterocycles. The van der Waals surface area contributed by atoms with Gasteiger partial charge in [-0.15, -0.1) is 0 Å². The number of hydrogen-bond acceptors (Lipinski definition) is 4. The minimum Gasteiger partial charge on any atom is -0.351 e. The minimum absolute atomic E-state index is 0.0915. The molecule has 18 heavy (non-hydrogen) atoms. The fraction of sp³-hybridized carbons (Fsp3) is 0.333. The Morgan fingerprint density at radius 1 is 1.50 bits per heavy atom. The Morgan fingerprint density at radius 3 is 2.72 bits per heavy atom. The number of amides is 1. The van der Waals surface area contributed by atoms with Gasteiger partial charge in [0.15, 0.2) is 6.29 Å². The molecule has 0 aliphatic carbocycles. The number of carbonyl (C=O) groups excluding carboxylic acids is 1. The van der Waals surface area contributed by atoms with Gasteiger partial charge >= 0.3 is 0 Å². The Morgan fingerprint density at radius 2 is 2.17 bits per heavy atom. The summed E-state index contributed by atoms with van der Waals surface area (Å²) >= 11 is 0. The molecule has 0 radical (unpaired) electrons. The summed E-state index contributed by atoms with van der Waals surface area (Å²) in [6.07, 6.45) is -1.23. The maximum Gasteiger partial charge on any atom is 0.238 e. The van der Waals surface area contributed by atoms with Crippen LogP contribution in [0.1, 0.15) is 18.3 Å². The molecule has 96 valence electrons. The van der Waals surface area contributed by atoms with Gasteiger partial charge in [-0.25, -0.2) is 4.39 Å². The number of ether oxygens (including phenoxy) is 2. The number of nitriles is 1. The van der Waals surface area contributed by atoms with E-state index in [0.717, 1.165) is 0 Å². The lowest BCUT2D eigenvalue weighted by atomic mass is 10.1. The third kappa shape index (κ3) is 3.26. The van der Waals surface area contributed by atoms with E-state index < -0.39 is 18.0 Å². The number of carbonyl (C=O) groups is 1. The Kier molecular flexibility index (Phi) is 5.24. The fourth-order valence-electron chi connectivity index (χ4n) is 1.48. The van der Waals surface area contributed by atoms with Gasteiger partial charge in [0, 0.05) is 14.2 Å². The zero-order valence-electron chi connectivity index (χ0n) is 10.1. The molecular weight excluding hydrogens is 239 g/mol. The standard InChI is InChI=1S/C12H13FN2O3/c1-17-12(18-2)11-8(13)4-3-5-9(11)15-10(16)6-7-14/h3-5,12H,6H2,1-2H3,(H,15,16). The monoisotopic (exact) mass is 252 g/mol. The predicted molar refractivity (Wildman–Crippen MR) is 62.0 cm³/mol. The summed E-state index contributed by atoms with van der Waals surface area (Å²) < 4.78 is 23.7. The molecule has 0 saturated heterocycles. The average Bonchev–Trinajstić information content (AvgIpc) is 2.34. The first-order valence-electron chi connectivity index (χ1n) is 5.14. The molecule has 1 aromatic carbocycles. The van der Waals surface area contributed by atoms with Crippen LogP contribution in [-0.2, 0) is 14.3 Å². The maximum absolute atomic E-state index is 13.7. The Balaban J connectivity index is 3.08. The number of methoxy groups -OCH3 is 2. The fourth-order valence-corrected chi connectivity index (χ4v) is 1.48. The highest BCUT2D eigenvalue weighted by Gasteiger charge is 2.20. The molecule has 1 N–H and O–H groups in total. The lowest BCUT2D eigenvalue weighted by Gasteiger charge is -2.18. The van der Waals surface area contributed by atoms with Crippen molar-refractivity contribution in [2.24, 2.45) is 0 Å². The molecule has 0 saturated carbocycles. The number of halogens is 1. The van der Waals surface area contributed by atoms with E-state index in [2.05, 4.69) is 5.32 Å². The Labute approximate surface area is 104 Å². The van der Waals surface area contributed by atoms with Crippen LogP contribution in [-0.4, -0.2) is 20.1 Å². The van der Waals surface area contributed by atoms with E-state index in [9.17, 15) is 9.18 Å². The summed E-state index contributed by atoms with van der Waals surface area (Å²) in [4.78, 5) is 11.3. The van der Waals surface area contributed by atoms with E-state index in [1.165, 1.54) is 32.4 Å². The van der Waals surface area contributed by atoms with Gasteiger partial charge in [0.05, 0.1) is 17.3 Å². The predicted octanol–water partition coefficient (Wildman–Crippen LogP) is 1.97. The minimum atomic E-state index is -0.927. The lowest BCUT2D eigenvalue weighted by Crippen LogP contribution is -2.15. The number of hydrogen-bond donors (Lipinski definition) is 1. The summed E-state index contributed by atoms with van der Waals surface area (Å²) in [5.74, 6) is -1.08. The van der Waals surface area contributed by atoms with Crippen molar-refractivity contribution in [1.82, 2.24) is 0 Å². The summed E-state index contributed by atoms with van der Waals surface area (Å²) in [5.41, 5.74) is 0.317. The van der Waals surface area contributed by atoms with Crippen LogP contribution < -0.4 is 5.32 Å². The van der Waals surface area contributed by atoms with Crippen LogP contribution in [0.3, 0.4) is 0 Å². The van der Waals surface area contributed by atoms with Gasteiger partial charge in [-0.1, -0.05) is 6.07 Å². The highest BCUT2D eigenvalue weighted by Crippen LogP contribution is 2.28. The second-order valence-electron chi connectivity index (χ2n) is 3.39. The van der Waals surface area contributed by atoms with Crippen molar-refractivity contribution in [3.63, 3.8) is 0 Å². The lowest BCUT2D eigenvalue weighted by molar-refractivity contribution is -0.115. The van der Waals surface area contributed by atoms with E-state index in [-0.39, 0.29) is 17.7 Å². The van der Waals surface area contributed by atoms with Crippen molar-refractivity contribution in [3.05, 3.63) is 29.6 Å². The molecule has 1 rings (SSSR count). The van der Waals surface area contributed by atoms with Crippen molar-refractivity contribution in [2.75, 3.05) is 19.5 Å². The molecular formula is C12H13FN2O3. The smallest absolute Gasteiger partial charge is 0.238 e. The third-order valence-electron chi connectivity index (χ3n) is 2.23. The van der Waals surface area contributed by atoms with Crippen LogP contribution in [0.2, 0.25) is 0 Å². The van der Waals surface area contributed by atoms with Gasteiger partial charge < -0.3 is 14.8 Å². The van der Waals surface area contributed by atoms with Crippen LogP contribution in [0.15, 0.2) is 18.2 Å². The molecule has 5 nitrogen and oxygen atoms in total. The molecule has 0 aliphatic rings. The number of rotatable bonds is 5. The van der Waals surface area contributed by atoms with Gasteiger partial charge in [0.2, 0.25) is 5.91 Å². The first kappa shape index (κ1) is 14.1. The van der Waals surface area contributed by atoms with E-state index in [0.29, 0.717) is 0 Å². The van der Waals surface area contributed by atoms with Gasteiger partial charge in [0.1, 0.15) is 12.2 Å². The molecule has 0 bridgehead atoms. The van der Waals surface area contributed by atoms with E-state index in [1.54, 1.807) is 6.07 Å². The van der Waals surface area contributed by atoms with Crippen LogP contribution in [0.25, 0.3) is 0 Å². The highest BCUT2D eigenvalue weighted by atomic mass is 19.1. The second kappa shape index (κ2) is 6.69. The first-order valence-corrected chi connectivity index (χ1v) is 5.14. The van der Waals surface area contributed by atoms with Crippen molar-refractivity contribution in [3.8, 4) is 6.07 Å². The highest BCUT2D eigenvalue weighted by molar-refractivity contribution is 5.92. The van der Waals surface area contributed by atoms with Gasteiger partial charge in [-0.05, 0) is 12.1 Å². The van der Waals surface area contributed by atoms with E-state index >= 15 is 0 Å². The Hall–Kier alpha value is -1.97. The molecule has 0 atom stereocenters. The maximum atomic E-state index is 13.7. The van der Waals surface area contributed by atoms with E-state index in [1.807, 2.05) is 0 Å². The van der Waals surface area contributed by atoms with Crippen LogP contribution in [0.5, 0.6) is 0 Å². The zero-order chi connectivity index (χ0) is 13.5. The first-order chi connectivity index (χ1) is 8.63. The van der Waals surface area contributed by atoms with Gasteiger partial charge in [0.25, 0.3) is 0 Å². The van der Waals surface area contributed by atoms with Gasteiger partial charge in [-0.3, -0.25) is 4.79 Å². The molecule has 0 fully saturated rings. The Bertz CT molecular complexity index is 467. The van der Waals surface area contributed by atoms with Crippen molar-refractivity contribution in [1.29, 1.82) is 5.26 Å². The summed E-state index contributed by atoms with van der Waals surface area (Å²) in [5, 5.41) is 10.8. The van der Waals surface area contributed by atoms with Crippen molar-refractivity contribution >= 4 is 11.6 Å². The van der Waals surface area contributed by atoms with Crippen molar-refractivity contribution < 1.29 is 18.7 Å². The van der Waals surface area contributed by atoms with Crippen LogP contribution >= 0.6 is 0 Å². The summed E-state index contributed by atoms with van der Waals surface area (Å²) in [7, 11) is 2.73. The number of nitrogens with one attached hydrogen (secondary N) is 1. The van der Waals surface area contributed by atoms with Crippen LogP contribution in [0, 0.1) is 17.1 Å². The number of nitrogens with zero attached hydrogens (tertiary/aromatic N) is 1. The molecule has 0 aliphatic heterocycles.